The van der Waals surface area contributed by atoms with Crippen molar-refractivity contribution >= 4 is 27.1 Å². The summed E-state index contributed by atoms with van der Waals surface area (Å²) in [5, 5.41) is 3.45. The van der Waals surface area contributed by atoms with Gasteiger partial charge in [0, 0.05) is 12.2 Å². The van der Waals surface area contributed by atoms with E-state index in [0.29, 0.717) is 6.04 Å². The molecule has 0 saturated heterocycles. The molecule has 3 rings (SSSR count). The number of hydrogen-bond donors (Lipinski definition) is 1. The first kappa shape index (κ1) is 8.29. The molecule has 0 amide bonds. The van der Waals surface area contributed by atoms with Crippen molar-refractivity contribution in [3.05, 3.63) is 29.3 Å². The third kappa shape index (κ3) is 1.39. The molecule has 2 heterocycles. The largest absolute Gasteiger partial charge is 0.381 e. The summed E-state index contributed by atoms with van der Waals surface area (Å²) >= 11 is 3.40. The van der Waals surface area contributed by atoms with Crippen LogP contribution in [0.15, 0.2) is 29.3 Å². The van der Waals surface area contributed by atoms with Gasteiger partial charge in [-0.1, -0.05) is 0 Å². The second-order valence-corrected chi connectivity index (χ2v) is 4.42. The normalized spacial score (nSPS) is 16.1. The van der Waals surface area contributed by atoms with Crippen LogP contribution in [0.2, 0.25) is 0 Å². The van der Waals surface area contributed by atoms with Crippen molar-refractivity contribution in [3.8, 4) is 0 Å². The Hall–Kier alpha value is -1.03. The quantitative estimate of drug-likeness (QED) is 0.890. The molecule has 0 radical (unpaired) electrons. The molecule has 1 fully saturated rings. The van der Waals surface area contributed by atoms with Crippen LogP contribution < -0.4 is 5.32 Å². The van der Waals surface area contributed by atoms with E-state index in [0.717, 1.165) is 10.1 Å². The smallest absolute Gasteiger partial charge is 0.131 e. The maximum Gasteiger partial charge on any atom is 0.131 e. The minimum absolute atomic E-state index is 0.694. The standard InChI is InChI=1S/C10H10BrN3/c11-10-9-4-3-8(13-7-1-2-7)5-14(9)6-12-10/h3-7,13H,1-2H2. The molecule has 0 aromatic carbocycles. The molecule has 0 bridgehead atoms. The lowest BCUT2D eigenvalue weighted by Crippen LogP contribution is -2.01. The molecule has 0 unspecified atom stereocenters. The highest BCUT2D eigenvalue weighted by atomic mass is 79.9. The molecule has 2 aromatic heterocycles. The monoisotopic (exact) mass is 251 g/mol. The van der Waals surface area contributed by atoms with Crippen molar-refractivity contribution in [3.63, 3.8) is 0 Å². The van der Waals surface area contributed by atoms with Gasteiger partial charge in [-0.3, -0.25) is 0 Å². The Morgan fingerprint density at radius 3 is 3.07 bits per heavy atom. The molecule has 0 aliphatic heterocycles. The van der Waals surface area contributed by atoms with Gasteiger partial charge in [-0.05, 0) is 40.9 Å². The van der Waals surface area contributed by atoms with Gasteiger partial charge in [0.2, 0.25) is 0 Å². The number of halogens is 1. The zero-order valence-electron chi connectivity index (χ0n) is 7.57. The van der Waals surface area contributed by atoms with Crippen molar-refractivity contribution < 1.29 is 0 Å². The molecule has 3 nitrogen and oxygen atoms in total. The Kier molecular flexibility index (Phi) is 1.77. The molecular formula is C10H10BrN3. The van der Waals surface area contributed by atoms with Crippen LogP contribution in [-0.4, -0.2) is 15.4 Å². The first-order valence-corrected chi connectivity index (χ1v) is 5.51. The van der Waals surface area contributed by atoms with Gasteiger partial charge in [-0.25, -0.2) is 4.98 Å². The summed E-state index contributed by atoms with van der Waals surface area (Å²) in [6.45, 7) is 0. The van der Waals surface area contributed by atoms with E-state index in [4.69, 9.17) is 0 Å². The summed E-state index contributed by atoms with van der Waals surface area (Å²) in [7, 11) is 0. The number of anilines is 1. The number of imidazole rings is 1. The van der Waals surface area contributed by atoms with Crippen LogP contribution in [-0.2, 0) is 0 Å². The molecule has 2 aromatic rings. The van der Waals surface area contributed by atoms with Crippen molar-refractivity contribution in [1.29, 1.82) is 0 Å². The average molecular weight is 252 g/mol. The Balaban J connectivity index is 2.01. The number of pyridine rings is 1. The van der Waals surface area contributed by atoms with Gasteiger partial charge >= 0.3 is 0 Å². The molecule has 1 aliphatic carbocycles. The minimum Gasteiger partial charge on any atom is -0.381 e. The predicted octanol–water partition coefficient (Wildman–Crippen LogP) is 2.67. The maximum atomic E-state index is 4.18. The highest BCUT2D eigenvalue weighted by Crippen LogP contribution is 2.25. The second kappa shape index (κ2) is 2.98. The topological polar surface area (TPSA) is 29.3 Å². The van der Waals surface area contributed by atoms with E-state index >= 15 is 0 Å². The lowest BCUT2D eigenvalue weighted by molar-refractivity contribution is 1.11. The minimum atomic E-state index is 0.694. The van der Waals surface area contributed by atoms with Crippen LogP contribution in [0.5, 0.6) is 0 Å². The van der Waals surface area contributed by atoms with E-state index in [1.54, 1.807) is 0 Å². The third-order valence-electron chi connectivity index (χ3n) is 2.43. The van der Waals surface area contributed by atoms with Crippen molar-refractivity contribution in [2.45, 2.75) is 18.9 Å². The van der Waals surface area contributed by atoms with Gasteiger partial charge in [0.1, 0.15) is 10.9 Å². The highest BCUT2D eigenvalue weighted by Gasteiger charge is 2.20. The first-order valence-electron chi connectivity index (χ1n) is 4.72. The van der Waals surface area contributed by atoms with Crippen LogP contribution in [0.4, 0.5) is 5.69 Å². The van der Waals surface area contributed by atoms with Gasteiger partial charge in [0.15, 0.2) is 0 Å². The Morgan fingerprint density at radius 1 is 1.43 bits per heavy atom. The summed E-state index contributed by atoms with van der Waals surface area (Å²) in [4.78, 5) is 4.18. The summed E-state index contributed by atoms with van der Waals surface area (Å²) in [6, 6.07) is 4.86. The molecule has 1 saturated carbocycles. The zero-order chi connectivity index (χ0) is 9.54. The fourth-order valence-corrected chi connectivity index (χ4v) is 1.94. The number of nitrogens with one attached hydrogen (secondary N) is 1. The average Bonchev–Trinajstić information content (AvgIpc) is 2.92. The van der Waals surface area contributed by atoms with Gasteiger partial charge in [0.05, 0.1) is 11.2 Å². The Bertz CT molecular complexity index is 473. The maximum absolute atomic E-state index is 4.18. The summed E-state index contributed by atoms with van der Waals surface area (Å²) in [6.07, 6.45) is 6.49. The third-order valence-corrected chi connectivity index (χ3v) is 3.04. The van der Waals surface area contributed by atoms with Crippen LogP contribution >= 0.6 is 15.9 Å². The van der Waals surface area contributed by atoms with E-state index in [1.807, 2.05) is 10.7 Å². The predicted molar refractivity (Wildman–Crippen MR) is 59.5 cm³/mol. The molecule has 0 atom stereocenters. The van der Waals surface area contributed by atoms with Crippen LogP contribution in [0.25, 0.3) is 5.52 Å². The van der Waals surface area contributed by atoms with E-state index in [2.05, 4.69) is 44.6 Å². The molecule has 14 heavy (non-hydrogen) atoms. The lowest BCUT2D eigenvalue weighted by atomic mass is 10.3. The molecule has 1 N–H and O–H groups in total. The number of fused-ring (bicyclic) bond motifs is 1. The summed E-state index contributed by atoms with van der Waals surface area (Å²) in [5.74, 6) is 0. The number of aromatic nitrogens is 2. The first-order chi connectivity index (χ1) is 6.83. The van der Waals surface area contributed by atoms with Crippen molar-refractivity contribution in [2.24, 2.45) is 0 Å². The van der Waals surface area contributed by atoms with Crippen LogP contribution in [0.1, 0.15) is 12.8 Å². The van der Waals surface area contributed by atoms with E-state index in [9.17, 15) is 0 Å². The van der Waals surface area contributed by atoms with Gasteiger partial charge in [0.25, 0.3) is 0 Å². The SMILES string of the molecule is Brc1ncn2cc(NC3CC3)ccc12. The number of rotatable bonds is 2. The molecular weight excluding hydrogens is 242 g/mol. The highest BCUT2D eigenvalue weighted by molar-refractivity contribution is 9.10. The van der Waals surface area contributed by atoms with Gasteiger partial charge in [-0.15, -0.1) is 0 Å². The van der Waals surface area contributed by atoms with Crippen LogP contribution in [0, 0.1) is 0 Å². The van der Waals surface area contributed by atoms with Crippen LogP contribution in [0.3, 0.4) is 0 Å². The Morgan fingerprint density at radius 2 is 2.29 bits per heavy atom. The van der Waals surface area contributed by atoms with Gasteiger partial charge in [-0.2, -0.15) is 0 Å². The van der Waals surface area contributed by atoms with E-state index in [1.165, 1.54) is 18.5 Å². The summed E-state index contributed by atoms with van der Waals surface area (Å²) in [5.41, 5.74) is 2.27. The molecule has 1 aliphatic rings. The summed E-state index contributed by atoms with van der Waals surface area (Å²) < 4.78 is 2.92. The second-order valence-electron chi connectivity index (χ2n) is 3.66. The van der Waals surface area contributed by atoms with Crippen molar-refractivity contribution in [1.82, 2.24) is 9.38 Å². The van der Waals surface area contributed by atoms with Crippen molar-refractivity contribution in [2.75, 3.05) is 5.32 Å². The fourth-order valence-electron chi connectivity index (χ4n) is 1.52. The lowest BCUT2D eigenvalue weighted by Gasteiger charge is -2.04. The molecule has 72 valence electrons. The zero-order valence-corrected chi connectivity index (χ0v) is 9.16. The molecule has 0 spiro atoms. The van der Waals surface area contributed by atoms with E-state index in [-0.39, 0.29) is 0 Å². The van der Waals surface area contributed by atoms with Gasteiger partial charge < -0.3 is 9.72 Å². The number of nitrogens with zero attached hydrogens (tertiary/aromatic N) is 2. The number of hydrogen-bond acceptors (Lipinski definition) is 2. The van der Waals surface area contributed by atoms with E-state index < -0.39 is 0 Å². The fraction of sp³-hybridized carbons (Fsp3) is 0.300. The Labute approximate surface area is 90.3 Å². The molecule has 4 heteroatoms.